The normalized spacial score (nSPS) is 17.6. The van der Waals surface area contributed by atoms with E-state index in [9.17, 15) is 4.39 Å². The van der Waals surface area contributed by atoms with Crippen LogP contribution in [0.1, 0.15) is 17.2 Å². The molecule has 1 heterocycles. The van der Waals surface area contributed by atoms with Crippen molar-refractivity contribution in [2.75, 3.05) is 5.32 Å². The number of rotatable bonds is 1. The van der Waals surface area contributed by atoms with Crippen LogP contribution in [-0.2, 0) is 6.42 Å². The largest absolute Gasteiger partial charge is 0.378 e. The molecule has 0 radical (unpaired) electrons. The highest BCUT2D eigenvalue weighted by atomic mass is 79.9. The number of benzene rings is 2. The third kappa shape index (κ3) is 1.95. The summed E-state index contributed by atoms with van der Waals surface area (Å²) in [4.78, 5) is 0. The summed E-state index contributed by atoms with van der Waals surface area (Å²) < 4.78 is 14.7. The molecule has 1 aliphatic rings. The van der Waals surface area contributed by atoms with Crippen molar-refractivity contribution in [1.29, 1.82) is 0 Å². The highest BCUT2D eigenvalue weighted by Crippen LogP contribution is 2.35. The van der Waals surface area contributed by atoms with E-state index < -0.39 is 0 Å². The van der Waals surface area contributed by atoms with E-state index in [1.807, 2.05) is 24.3 Å². The van der Waals surface area contributed by atoms with Crippen LogP contribution >= 0.6 is 15.9 Å². The average molecular weight is 292 g/mol. The Morgan fingerprint density at radius 3 is 2.82 bits per heavy atom. The number of fused-ring (bicyclic) bond motifs is 1. The van der Waals surface area contributed by atoms with Crippen molar-refractivity contribution >= 4 is 21.6 Å². The lowest BCUT2D eigenvalue weighted by Crippen LogP contribution is -2.07. The van der Waals surface area contributed by atoms with Gasteiger partial charge in [0.2, 0.25) is 0 Å². The maximum Gasteiger partial charge on any atom is 0.128 e. The summed E-state index contributed by atoms with van der Waals surface area (Å²) in [5.74, 6) is -0.154. The molecule has 3 heteroatoms. The zero-order valence-corrected chi connectivity index (χ0v) is 10.7. The van der Waals surface area contributed by atoms with Crippen LogP contribution in [0, 0.1) is 5.82 Å². The fourth-order valence-corrected chi connectivity index (χ4v) is 2.65. The van der Waals surface area contributed by atoms with Crippen molar-refractivity contribution < 1.29 is 4.39 Å². The minimum atomic E-state index is -0.154. The van der Waals surface area contributed by atoms with E-state index in [-0.39, 0.29) is 11.9 Å². The van der Waals surface area contributed by atoms with Crippen LogP contribution < -0.4 is 5.32 Å². The van der Waals surface area contributed by atoms with Gasteiger partial charge in [-0.05, 0) is 36.2 Å². The van der Waals surface area contributed by atoms with Crippen molar-refractivity contribution in [3.63, 3.8) is 0 Å². The van der Waals surface area contributed by atoms with Crippen molar-refractivity contribution in [3.05, 3.63) is 63.9 Å². The minimum Gasteiger partial charge on any atom is -0.378 e. The monoisotopic (exact) mass is 291 g/mol. The van der Waals surface area contributed by atoms with Crippen LogP contribution in [0.2, 0.25) is 0 Å². The number of hydrogen-bond donors (Lipinski definition) is 1. The average Bonchev–Trinajstić information content (AvgIpc) is 2.75. The van der Waals surface area contributed by atoms with Crippen LogP contribution in [0.3, 0.4) is 0 Å². The molecule has 0 bridgehead atoms. The van der Waals surface area contributed by atoms with Gasteiger partial charge in [-0.1, -0.05) is 34.1 Å². The molecule has 0 amide bonds. The van der Waals surface area contributed by atoms with E-state index >= 15 is 0 Å². The molecule has 1 atom stereocenters. The van der Waals surface area contributed by atoms with Gasteiger partial charge in [0.1, 0.15) is 5.82 Å². The Morgan fingerprint density at radius 2 is 2.00 bits per heavy atom. The maximum atomic E-state index is 13.8. The molecule has 17 heavy (non-hydrogen) atoms. The van der Waals surface area contributed by atoms with E-state index in [0.717, 1.165) is 22.1 Å². The highest BCUT2D eigenvalue weighted by molar-refractivity contribution is 9.10. The summed E-state index contributed by atoms with van der Waals surface area (Å²) in [6.45, 7) is 0. The van der Waals surface area contributed by atoms with Crippen LogP contribution in [-0.4, -0.2) is 0 Å². The fraction of sp³-hybridized carbons (Fsp3) is 0.143. The predicted octanol–water partition coefficient (Wildman–Crippen LogP) is 4.30. The molecule has 0 saturated heterocycles. The molecule has 0 aliphatic carbocycles. The van der Waals surface area contributed by atoms with Gasteiger partial charge < -0.3 is 5.32 Å². The van der Waals surface area contributed by atoms with E-state index in [0.29, 0.717) is 0 Å². The topological polar surface area (TPSA) is 12.0 Å². The zero-order chi connectivity index (χ0) is 11.8. The summed E-state index contributed by atoms with van der Waals surface area (Å²) in [5.41, 5.74) is 3.07. The first kappa shape index (κ1) is 10.8. The zero-order valence-electron chi connectivity index (χ0n) is 9.08. The van der Waals surface area contributed by atoms with Gasteiger partial charge in [-0.3, -0.25) is 0 Å². The molecule has 1 N–H and O–H groups in total. The molecule has 0 spiro atoms. The summed E-state index contributed by atoms with van der Waals surface area (Å²) in [7, 11) is 0. The molecule has 86 valence electrons. The van der Waals surface area contributed by atoms with E-state index in [4.69, 9.17) is 0 Å². The molecule has 1 unspecified atom stereocenters. The molecule has 1 aliphatic heterocycles. The second-order valence-corrected chi connectivity index (χ2v) is 5.14. The predicted molar refractivity (Wildman–Crippen MR) is 70.6 cm³/mol. The third-order valence-corrected chi connectivity index (χ3v) is 3.60. The molecule has 0 saturated carbocycles. The smallest absolute Gasteiger partial charge is 0.128 e. The number of halogens is 2. The molecule has 3 rings (SSSR count). The number of anilines is 1. The molecule has 1 nitrogen and oxygen atoms in total. The van der Waals surface area contributed by atoms with E-state index in [2.05, 4.69) is 27.3 Å². The Morgan fingerprint density at radius 1 is 1.18 bits per heavy atom. The van der Waals surface area contributed by atoms with Crippen molar-refractivity contribution in [2.24, 2.45) is 0 Å². The Kier molecular flexibility index (Phi) is 2.63. The van der Waals surface area contributed by atoms with Crippen LogP contribution in [0.4, 0.5) is 10.1 Å². The van der Waals surface area contributed by atoms with Crippen LogP contribution in [0.25, 0.3) is 0 Å². The standard InChI is InChI=1S/C14H11BrFN/c15-10-5-6-12(16)11(8-10)14-7-9-3-1-2-4-13(9)17-14/h1-6,8,14,17H,7H2. The third-order valence-electron chi connectivity index (χ3n) is 3.10. The first-order chi connectivity index (χ1) is 8.24. The number of nitrogens with one attached hydrogen (secondary N) is 1. The summed E-state index contributed by atoms with van der Waals surface area (Å²) >= 11 is 3.38. The molecular formula is C14H11BrFN. The quantitative estimate of drug-likeness (QED) is 0.826. The number of hydrogen-bond acceptors (Lipinski definition) is 1. The Labute approximate surface area is 108 Å². The van der Waals surface area contributed by atoms with Gasteiger partial charge in [0, 0.05) is 15.7 Å². The van der Waals surface area contributed by atoms with Gasteiger partial charge in [-0.2, -0.15) is 0 Å². The van der Waals surface area contributed by atoms with Gasteiger partial charge in [-0.15, -0.1) is 0 Å². The summed E-state index contributed by atoms with van der Waals surface area (Å²) in [5, 5.41) is 3.36. The maximum absolute atomic E-state index is 13.8. The van der Waals surface area contributed by atoms with E-state index in [1.54, 1.807) is 6.07 Å². The Bertz CT molecular complexity index is 543. The fourth-order valence-electron chi connectivity index (χ4n) is 2.27. The molecule has 0 fully saturated rings. The minimum absolute atomic E-state index is 0.0323. The lowest BCUT2D eigenvalue weighted by Gasteiger charge is -2.13. The van der Waals surface area contributed by atoms with Crippen molar-refractivity contribution in [3.8, 4) is 0 Å². The van der Waals surface area contributed by atoms with Gasteiger partial charge in [0.25, 0.3) is 0 Å². The van der Waals surface area contributed by atoms with Crippen molar-refractivity contribution in [1.82, 2.24) is 0 Å². The molecule has 2 aromatic carbocycles. The summed E-state index contributed by atoms with van der Waals surface area (Å²) in [6.07, 6.45) is 0.837. The first-order valence-corrected chi connectivity index (χ1v) is 6.33. The summed E-state index contributed by atoms with van der Waals surface area (Å²) in [6, 6.07) is 13.2. The second-order valence-electron chi connectivity index (χ2n) is 4.22. The molecular weight excluding hydrogens is 281 g/mol. The lowest BCUT2D eigenvalue weighted by molar-refractivity contribution is 0.595. The molecule has 2 aromatic rings. The Hall–Kier alpha value is -1.35. The van der Waals surface area contributed by atoms with Gasteiger partial charge in [0.05, 0.1) is 6.04 Å². The molecule has 0 aromatic heterocycles. The van der Waals surface area contributed by atoms with Gasteiger partial charge in [-0.25, -0.2) is 4.39 Å². The van der Waals surface area contributed by atoms with Crippen LogP contribution in [0.5, 0.6) is 0 Å². The van der Waals surface area contributed by atoms with Gasteiger partial charge >= 0.3 is 0 Å². The Balaban J connectivity index is 1.96. The lowest BCUT2D eigenvalue weighted by atomic mass is 10.0. The van der Waals surface area contributed by atoms with E-state index in [1.165, 1.54) is 11.6 Å². The SMILES string of the molecule is Fc1ccc(Br)cc1C1Cc2ccccc2N1. The number of para-hydroxylation sites is 1. The van der Waals surface area contributed by atoms with Crippen molar-refractivity contribution in [2.45, 2.75) is 12.5 Å². The van der Waals surface area contributed by atoms with Crippen LogP contribution in [0.15, 0.2) is 46.9 Å². The highest BCUT2D eigenvalue weighted by Gasteiger charge is 2.23. The van der Waals surface area contributed by atoms with Gasteiger partial charge in [0.15, 0.2) is 0 Å². The first-order valence-electron chi connectivity index (χ1n) is 5.53. The second kappa shape index (κ2) is 4.15.